The molecule has 2 rings (SSSR count). The lowest BCUT2D eigenvalue weighted by Crippen LogP contribution is -2.57. The number of halogens is 3. The highest BCUT2D eigenvalue weighted by Gasteiger charge is 2.43. The Bertz CT molecular complexity index is 515. The Kier molecular flexibility index (Phi) is 4.83. The van der Waals surface area contributed by atoms with Crippen molar-refractivity contribution in [1.82, 2.24) is 5.32 Å². The number of nitrogens with one attached hydrogen (secondary N) is 1. The highest BCUT2D eigenvalue weighted by Crippen LogP contribution is 2.33. The van der Waals surface area contributed by atoms with Crippen LogP contribution in [0.4, 0.5) is 13.2 Å². The molecule has 2 N–H and O–H groups in total. The van der Waals surface area contributed by atoms with Crippen molar-refractivity contribution < 1.29 is 23.1 Å². The normalized spacial score (nSPS) is 17.3. The molecule has 116 valence electrons. The summed E-state index contributed by atoms with van der Waals surface area (Å²) in [5.41, 5.74) is -1.49. The van der Waals surface area contributed by atoms with Crippen LogP contribution in [0.3, 0.4) is 0 Å². The number of carbonyl (C=O) groups is 1. The molecule has 0 unspecified atom stereocenters. The highest BCUT2D eigenvalue weighted by molar-refractivity contribution is 7.99. The second kappa shape index (κ2) is 6.27. The van der Waals surface area contributed by atoms with Gasteiger partial charge in [-0.3, -0.25) is 4.79 Å². The van der Waals surface area contributed by atoms with Crippen LogP contribution in [0.15, 0.2) is 29.2 Å². The van der Waals surface area contributed by atoms with Gasteiger partial charge in [-0.1, -0.05) is 6.07 Å². The van der Waals surface area contributed by atoms with Gasteiger partial charge in [0.25, 0.3) is 0 Å². The number of thioether (sulfide) groups is 1. The predicted octanol–water partition coefficient (Wildman–Crippen LogP) is 3.39. The van der Waals surface area contributed by atoms with Crippen molar-refractivity contribution >= 4 is 17.7 Å². The Labute approximate surface area is 124 Å². The molecule has 7 heteroatoms. The maximum absolute atomic E-state index is 12.6. The first-order valence-electron chi connectivity index (χ1n) is 6.62. The summed E-state index contributed by atoms with van der Waals surface area (Å²) >= 11 is 1.28. The molecule has 1 aromatic carbocycles. The molecule has 0 aliphatic heterocycles. The minimum atomic E-state index is -4.34. The van der Waals surface area contributed by atoms with Crippen molar-refractivity contribution in [2.75, 3.05) is 12.3 Å². The van der Waals surface area contributed by atoms with Crippen LogP contribution in [0.2, 0.25) is 0 Å². The fourth-order valence-electron chi connectivity index (χ4n) is 2.22. The van der Waals surface area contributed by atoms with Crippen LogP contribution < -0.4 is 5.32 Å². The van der Waals surface area contributed by atoms with Crippen LogP contribution in [-0.2, 0) is 11.0 Å². The van der Waals surface area contributed by atoms with Crippen molar-refractivity contribution in [3.8, 4) is 0 Å². The number of carboxylic acid groups (broad SMARTS) is 1. The van der Waals surface area contributed by atoms with Gasteiger partial charge < -0.3 is 10.4 Å². The SMILES string of the molecule is O=C(O)C1(NCCSc2cccc(C(F)(F)F)c2)CCC1. The molecule has 0 heterocycles. The first-order chi connectivity index (χ1) is 9.83. The molecule has 1 aliphatic rings. The summed E-state index contributed by atoms with van der Waals surface area (Å²) in [5.74, 6) is -0.325. The molecule has 0 radical (unpaired) electrons. The molecule has 0 saturated heterocycles. The number of hydrogen-bond acceptors (Lipinski definition) is 3. The molecular formula is C14H16F3NO2S. The summed E-state index contributed by atoms with van der Waals surface area (Å²) in [6.45, 7) is 0.452. The molecular weight excluding hydrogens is 303 g/mol. The Morgan fingerprint density at radius 3 is 2.62 bits per heavy atom. The van der Waals surface area contributed by atoms with Crippen LogP contribution in [0, 0.1) is 0 Å². The van der Waals surface area contributed by atoms with Gasteiger partial charge in [0.05, 0.1) is 5.56 Å². The van der Waals surface area contributed by atoms with Crippen molar-refractivity contribution in [3.63, 3.8) is 0 Å². The fraction of sp³-hybridized carbons (Fsp3) is 0.500. The topological polar surface area (TPSA) is 49.3 Å². The summed E-state index contributed by atoms with van der Waals surface area (Å²) in [4.78, 5) is 11.7. The van der Waals surface area contributed by atoms with Gasteiger partial charge in [-0.25, -0.2) is 0 Å². The molecule has 0 atom stereocenters. The van der Waals surface area contributed by atoms with E-state index in [1.54, 1.807) is 6.07 Å². The third-order valence-electron chi connectivity index (χ3n) is 3.61. The number of carboxylic acids is 1. The summed E-state index contributed by atoms with van der Waals surface area (Å²) in [6.07, 6.45) is -2.23. The van der Waals surface area contributed by atoms with E-state index in [0.717, 1.165) is 18.6 Å². The Balaban J connectivity index is 1.83. The number of benzene rings is 1. The van der Waals surface area contributed by atoms with Crippen molar-refractivity contribution in [3.05, 3.63) is 29.8 Å². The van der Waals surface area contributed by atoms with Gasteiger partial charge in [0.1, 0.15) is 5.54 Å². The monoisotopic (exact) mass is 319 g/mol. The molecule has 0 amide bonds. The average Bonchev–Trinajstić information content (AvgIpc) is 2.35. The quantitative estimate of drug-likeness (QED) is 0.623. The van der Waals surface area contributed by atoms with E-state index in [1.807, 2.05) is 0 Å². The van der Waals surface area contributed by atoms with E-state index in [9.17, 15) is 18.0 Å². The van der Waals surface area contributed by atoms with Gasteiger partial charge in [0, 0.05) is 17.2 Å². The summed E-state index contributed by atoms with van der Waals surface area (Å²) < 4.78 is 37.7. The highest BCUT2D eigenvalue weighted by atomic mass is 32.2. The molecule has 0 bridgehead atoms. The third kappa shape index (κ3) is 3.91. The second-order valence-corrected chi connectivity index (χ2v) is 6.21. The summed E-state index contributed by atoms with van der Waals surface area (Å²) in [6, 6.07) is 5.15. The molecule has 0 aromatic heterocycles. The minimum absolute atomic E-state index is 0.452. The van der Waals surface area contributed by atoms with Crippen LogP contribution in [0.5, 0.6) is 0 Å². The van der Waals surface area contributed by atoms with E-state index in [2.05, 4.69) is 5.32 Å². The van der Waals surface area contributed by atoms with Crippen molar-refractivity contribution in [2.24, 2.45) is 0 Å². The van der Waals surface area contributed by atoms with Gasteiger partial charge in [-0.2, -0.15) is 13.2 Å². The maximum Gasteiger partial charge on any atom is 0.416 e. The van der Waals surface area contributed by atoms with E-state index in [1.165, 1.54) is 17.8 Å². The number of alkyl halides is 3. The molecule has 1 fully saturated rings. The van der Waals surface area contributed by atoms with Crippen LogP contribution in [0.25, 0.3) is 0 Å². The lowest BCUT2D eigenvalue weighted by molar-refractivity contribution is -0.148. The van der Waals surface area contributed by atoms with Gasteiger partial charge in [0.15, 0.2) is 0 Å². The van der Waals surface area contributed by atoms with Gasteiger partial charge in [0.2, 0.25) is 0 Å². The standard InChI is InChI=1S/C14H16F3NO2S/c15-14(16,17)10-3-1-4-11(9-10)21-8-7-18-13(12(19)20)5-2-6-13/h1,3-4,9,18H,2,5-8H2,(H,19,20). The van der Waals surface area contributed by atoms with Crippen LogP contribution in [-0.4, -0.2) is 28.9 Å². The molecule has 1 aliphatic carbocycles. The lowest BCUT2D eigenvalue weighted by Gasteiger charge is -2.38. The lowest BCUT2D eigenvalue weighted by atomic mass is 9.77. The zero-order valence-corrected chi connectivity index (χ0v) is 12.1. The van der Waals surface area contributed by atoms with Gasteiger partial charge in [-0.15, -0.1) is 11.8 Å². The fourth-order valence-corrected chi connectivity index (χ4v) is 3.04. The molecule has 1 aromatic rings. The van der Waals surface area contributed by atoms with Crippen LogP contribution >= 0.6 is 11.8 Å². The Morgan fingerprint density at radius 2 is 2.10 bits per heavy atom. The Morgan fingerprint density at radius 1 is 1.38 bits per heavy atom. The third-order valence-corrected chi connectivity index (χ3v) is 4.61. The number of hydrogen-bond donors (Lipinski definition) is 2. The Hall–Kier alpha value is -1.21. The predicted molar refractivity (Wildman–Crippen MR) is 74.4 cm³/mol. The number of rotatable bonds is 6. The molecule has 1 saturated carbocycles. The first kappa shape index (κ1) is 16.2. The molecule has 21 heavy (non-hydrogen) atoms. The zero-order chi connectivity index (χ0) is 15.5. The average molecular weight is 319 g/mol. The summed E-state index contributed by atoms with van der Waals surface area (Å²) in [5, 5.41) is 12.1. The van der Waals surface area contributed by atoms with E-state index in [-0.39, 0.29) is 0 Å². The molecule has 3 nitrogen and oxygen atoms in total. The number of aliphatic carboxylic acids is 1. The van der Waals surface area contributed by atoms with Crippen molar-refractivity contribution in [1.29, 1.82) is 0 Å². The maximum atomic E-state index is 12.6. The van der Waals surface area contributed by atoms with E-state index >= 15 is 0 Å². The molecule has 0 spiro atoms. The van der Waals surface area contributed by atoms with Crippen molar-refractivity contribution in [2.45, 2.75) is 35.9 Å². The van der Waals surface area contributed by atoms with Crippen LogP contribution in [0.1, 0.15) is 24.8 Å². The largest absolute Gasteiger partial charge is 0.480 e. The second-order valence-electron chi connectivity index (χ2n) is 5.04. The van der Waals surface area contributed by atoms with E-state index < -0.39 is 23.2 Å². The zero-order valence-electron chi connectivity index (χ0n) is 11.2. The first-order valence-corrected chi connectivity index (χ1v) is 7.61. The summed E-state index contributed by atoms with van der Waals surface area (Å²) in [7, 11) is 0. The minimum Gasteiger partial charge on any atom is -0.480 e. The van der Waals surface area contributed by atoms with E-state index in [0.29, 0.717) is 30.0 Å². The van der Waals surface area contributed by atoms with Gasteiger partial charge in [-0.05, 0) is 37.5 Å². The van der Waals surface area contributed by atoms with E-state index in [4.69, 9.17) is 5.11 Å². The van der Waals surface area contributed by atoms with Gasteiger partial charge >= 0.3 is 12.1 Å². The smallest absolute Gasteiger partial charge is 0.416 e.